The van der Waals surface area contributed by atoms with Crippen LogP contribution in [0.25, 0.3) is 0 Å². The molecule has 3 N–H and O–H groups in total. The molecule has 5 heteroatoms. The third kappa shape index (κ3) is 4.69. The van der Waals surface area contributed by atoms with Gasteiger partial charge in [0.15, 0.2) is 0 Å². The molecule has 1 atom stereocenters. The number of hydrazine groups is 1. The molecule has 0 amide bonds. The van der Waals surface area contributed by atoms with Gasteiger partial charge in [0.25, 0.3) is 0 Å². The van der Waals surface area contributed by atoms with E-state index < -0.39 is 0 Å². The lowest BCUT2D eigenvalue weighted by Crippen LogP contribution is -2.29. The van der Waals surface area contributed by atoms with Crippen molar-refractivity contribution in [3.05, 3.63) is 28.8 Å². The zero-order valence-electron chi connectivity index (χ0n) is 11.1. The molecule has 0 spiro atoms. The van der Waals surface area contributed by atoms with E-state index in [4.69, 9.17) is 22.2 Å². The van der Waals surface area contributed by atoms with Crippen molar-refractivity contribution < 1.29 is 4.74 Å². The first-order chi connectivity index (χ1) is 8.58. The summed E-state index contributed by atoms with van der Waals surface area (Å²) >= 11 is 7.90. The summed E-state index contributed by atoms with van der Waals surface area (Å²) in [7, 11) is 1.61. The first-order valence-corrected chi connectivity index (χ1v) is 7.49. The van der Waals surface area contributed by atoms with Gasteiger partial charge in [-0.2, -0.15) is 11.8 Å². The average Bonchev–Trinajstić information content (AvgIpc) is 2.35. The molecule has 1 rings (SSSR count). The third-order valence-corrected chi connectivity index (χ3v) is 4.30. The van der Waals surface area contributed by atoms with Crippen LogP contribution in [-0.2, 0) is 0 Å². The second-order valence-corrected chi connectivity index (χ2v) is 6.03. The maximum atomic E-state index is 6.01. The molecule has 1 aromatic rings. The lowest BCUT2D eigenvalue weighted by molar-refractivity contribution is 0.413. The molecular formula is C13H21ClN2OS. The number of ether oxygens (including phenoxy) is 1. The lowest BCUT2D eigenvalue weighted by Gasteiger charge is -2.17. The van der Waals surface area contributed by atoms with E-state index in [0.717, 1.165) is 17.1 Å². The molecule has 0 saturated heterocycles. The summed E-state index contributed by atoms with van der Waals surface area (Å²) in [5.74, 6) is 9.04. The fraction of sp³-hybridized carbons (Fsp3) is 0.538. The minimum Gasteiger partial charge on any atom is -0.495 e. The second kappa shape index (κ2) is 7.89. The molecule has 0 aliphatic carbocycles. The average molecular weight is 289 g/mol. The highest BCUT2D eigenvalue weighted by Crippen LogP contribution is 2.29. The molecule has 1 unspecified atom stereocenters. The summed E-state index contributed by atoms with van der Waals surface area (Å²) in [6.07, 6.45) is 0. The Morgan fingerprint density at radius 3 is 2.67 bits per heavy atom. The zero-order chi connectivity index (χ0) is 13.5. The van der Waals surface area contributed by atoms with E-state index in [1.807, 2.05) is 30.0 Å². The van der Waals surface area contributed by atoms with E-state index in [9.17, 15) is 0 Å². The van der Waals surface area contributed by atoms with Gasteiger partial charge in [-0.15, -0.1) is 0 Å². The minimum atomic E-state index is 0.111. The van der Waals surface area contributed by atoms with Gasteiger partial charge in [0.05, 0.1) is 18.2 Å². The molecule has 0 radical (unpaired) electrons. The summed E-state index contributed by atoms with van der Waals surface area (Å²) in [5, 5.41) is 0.617. The molecular weight excluding hydrogens is 268 g/mol. The van der Waals surface area contributed by atoms with Crippen LogP contribution in [0, 0.1) is 5.92 Å². The Kier molecular flexibility index (Phi) is 6.86. The predicted octanol–water partition coefficient (Wildman–Crippen LogP) is 3.24. The van der Waals surface area contributed by atoms with Crippen molar-refractivity contribution >= 4 is 23.4 Å². The highest BCUT2D eigenvalue weighted by molar-refractivity contribution is 7.99. The number of methoxy groups -OCH3 is 1. The number of nitrogens with one attached hydrogen (secondary N) is 1. The van der Waals surface area contributed by atoms with Crippen LogP contribution in [0.5, 0.6) is 5.75 Å². The minimum absolute atomic E-state index is 0.111. The van der Waals surface area contributed by atoms with E-state index in [1.54, 1.807) is 7.11 Å². The number of hydrogen-bond acceptors (Lipinski definition) is 4. The van der Waals surface area contributed by atoms with Crippen LogP contribution in [-0.4, -0.2) is 18.6 Å². The normalized spacial score (nSPS) is 12.8. The first-order valence-electron chi connectivity index (χ1n) is 5.95. The second-order valence-electron chi connectivity index (χ2n) is 4.54. The van der Waals surface area contributed by atoms with Gasteiger partial charge >= 0.3 is 0 Å². The van der Waals surface area contributed by atoms with Gasteiger partial charge in [-0.25, -0.2) is 0 Å². The Hall–Kier alpha value is -0.420. The predicted molar refractivity (Wildman–Crippen MR) is 80.2 cm³/mol. The molecule has 1 aromatic carbocycles. The maximum Gasteiger partial charge on any atom is 0.137 e. The summed E-state index contributed by atoms with van der Waals surface area (Å²) < 4.78 is 5.22. The molecule has 0 heterocycles. The highest BCUT2D eigenvalue weighted by atomic mass is 35.5. The summed E-state index contributed by atoms with van der Waals surface area (Å²) in [5.41, 5.74) is 3.94. The molecule has 18 heavy (non-hydrogen) atoms. The van der Waals surface area contributed by atoms with Crippen LogP contribution in [0.4, 0.5) is 0 Å². The number of thioether (sulfide) groups is 1. The molecule has 0 bridgehead atoms. The summed E-state index contributed by atoms with van der Waals surface area (Å²) in [6, 6.07) is 5.86. The number of benzene rings is 1. The topological polar surface area (TPSA) is 47.3 Å². The van der Waals surface area contributed by atoms with Crippen molar-refractivity contribution in [3.63, 3.8) is 0 Å². The SMILES string of the molecule is COc1cc(C(CSCC(C)C)NN)ccc1Cl. The van der Waals surface area contributed by atoms with E-state index in [0.29, 0.717) is 16.7 Å². The monoisotopic (exact) mass is 288 g/mol. The van der Waals surface area contributed by atoms with Crippen LogP contribution in [0.15, 0.2) is 18.2 Å². The smallest absolute Gasteiger partial charge is 0.137 e. The zero-order valence-corrected chi connectivity index (χ0v) is 12.6. The van der Waals surface area contributed by atoms with E-state index in [1.165, 1.54) is 0 Å². The third-order valence-electron chi connectivity index (χ3n) is 2.51. The van der Waals surface area contributed by atoms with Crippen molar-refractivity contribution in [2.24, 2.45) is 11.8 Å². The number of halogens is 1. The van der Waals surface area contributed by atoms with Crippen LogP contribution in [0.3, 0.4) is 0 Å². The van der Waals surface area contributed by atoms with Gasteiger partial charge in [0.2, 0.25) is 0 Å². The van der Waals surface area contributed by atoms with Crippen molar-refractivity contribution in [3.8, 4) is 5.75 Å². The summed E-state index contributed by atoms with van der Waals surface area (Å²) in [4.78, 5) is 0. The molecule has 0 aliphatic rings. The number of nitrogens with two attached hydrogens (primary N) is 1. The fourth-order valence-electron chi connectivity index (χ4n) is 1.56. The number of hydrogen-bond donors (Lipinski definition) is 2. The Labute approximate surface area is 118 Å². The van der Waals surface area contributed by atoms with Gasteiger partial charge in [-0.3, -0.25) is 11.3 Å². The van der Waals surface area contributed by atoms with Gasteiger partial charge in [0.1, 0.15) is 5.75 Å². The van der Waals surface area contributed by atoms with Crippen molar-refractivity contribution in [1.82, 2.24) is 5.43 Å². The summed E-state index contributed by atoms with van der Waals surface area (Å²) in [6.45, 7) is 4.42. The van der Waals surface area contributed by atoms with Crippen molar-refractivity contribution in [1.29, 1.82) is 0 Å². The Morgan fingerprint density at radius 1 is 1.39 bits per heavy atom. The largest absolute Gasteiger partial charge is 0.495 e. The molecule has 0 saturated carbocycles. The van der Waals surface area contributed by atoms with Gasteiger partial charge in [0, 0.05) is 5.75 Å². The van der Waals surface area contributed by atoms with Crippen LogP contribution >= 0.6 is 23.4 Å². The van der Waals surface area contributed by atoms with Crippen LogP contribution in [0.1, 0.15) is 25.5 Å². The van der Waals surface area contributed by atoms with Crippen molar-refractivity contribution in [2.75, 3.05) is 18.6 Å². The Bertz CT molecular complexity index is 374. The fourth-order valence-corrected chi connectivity index (χ4v) is 2.88. The van der Waals surface area contributed by atoms with E-state index >= 15 is 0 Å². The van der Waals surface area contributed by atoms with E-state index in [-0.39, 0.29) is 6.04 Å². The Morgan fingerprint density at radius 2 is 2.11 bits per heavy atom. The van der Waals surface area contributed by atoms with Gasteiger partial charge in [-0.05, 0) is 29.4 Å². The standard InChI is InChI=1S/C13H21ClN2OS/c1-9(2)7-18-8-12(16-15)10-4-5-11(14)13(6-10)17-3/h4-6,9,12,16H,7-8,15H2,1-3H3. The molecule has 0 fully saturated rings. The quantitative estimate of drug-likeness (QED) is 0.597. The van der Waals surface area contributed by atoms with Gasteiger partial charge in [-0.1, -0.05) is 31.5 Å². The number of rotatable bonds is 7. The highest BCUT2D eigenvalue weighted by Gasteiger charge is 2.12. The molecule has 3 nitrogen and oxygen atoms in total. The van der Waals surface area contributed by atoms with E-state index in [2.05, 4.69) is 19.3 Å². The Balaban J connectivity index is 2.69. The first kappa shape index (κ1) is 15.6. The molecule has 0 aromatic heterocycles. The van der Waals surface area contributed by atoms with Gasteiger partial charge < -0.3 is 4.74 Å². The van der Waals surface area contributed by atoms with Crippen molar-refractivity contribution in [2.45, 2.75) is 19.9 Å². The lowest BCUT2D eigenvalue weighted by atomic mass is 10.1. The van der Waals surface area contributed by atoms with Crippen LogP contribution in [0.2, 0.25) is 5.02 Å². The maximum absolute atomic E-state index is 6.01. The molecule has 102 valence electrons. The van der Waals surface area contributed by atoms with Crippen LogP contribution < -0.4 is 16.0 Å². The molecule has 0 aliphatic heterocycles.